The van der Waals surface area contributed by atoms with Crippen molar-refractivity contribution in [1.82, 2.24) is 15.2 Å². The second-order valence-corrected chi connectivity index (χ2v) is 4.55. The zero-order valence-electron chi connectivity index (χ0n) is 9.48. The number of aromatic carboxylic acids is 1. The number of hydrogen-bond acceptors (Lipinski definition) is 4. The van der Waals surface area contributed by atoms with Gasteiger partial charge < -0.3 is 5.11 Å². The Bertz CT molecular complexity index is 585. The van der Waals surface area contributed by atoms with E-state index in [4.69, 9.17) is 5.11 Å². The number of carboxylic acid groups (broad SMARTS) is 1. The van der Waals surface area contributed by atoms with E-state index in [1.54, 1.807) is 6.92 Å². The van der Waals surface area contributed by atoms with Crippen LogP contribution in [0.3, 0.4) is 0 Å². The van der Waals surface area contributed by atoms with Crippen molar-refractivity contribution in [2.45, 2.75) is 17.8 Å². The molecule has 0 fully saturated rings. The summed E-state index contributed by atoms with van der Waals surface area (Å²) in [5.41, 5.74) is 0.389. The van der Waals surface area contributed by atoms with Crippen molar-refractivity contribution in [2.75, 3.05) is 0 Å². The molecule has 0 spiro atoms. The average Bonchev–Trinajstić information content (AvgIpc) is 2.74. The Morgan fingerprint density at radius 3 is 2.94 bits per heavy atom. The Morgan fingerprint density at radius 2 is 2.33 bits per heavy atom. The third kappa shape index (κ3) is 2.86. The van der Waals surface area contributed by atoms with E-state index in [1.807, 2.05) is 0 Å². The molecule has 2 N–H and O–H groups in total. The summed E-state index contributed by atoms with van der Waals surface area (Å²) in [6, 6.07) is 3.72. The fourth-order valence-corrected chi connectivity index (χ4v) is 2.16. The molecule has 0 saturated heterocycles. The highest BCUT2D eigenvalue weighted by molar-refractivity contribution is 7.98. The van der Waals surface area contributed by atoms with Crippen molar-refractivity contribution >= 4 is 17.7 Å². The molecule has 0 unspecified atom stereocenters. The first-order valence-electron chi connectivity index (χ1n) is 5.10. The maximum atomic E-state index is 13.5. The predicted octanol–water partition coefficient (Wildman–Crippen LogP) is 2.24. The lowest BCUT2D eigenvalue weighted by Crippen LogP contribution is -1.99. The number of nitrogens with one attached hydrogen (secondary N) is 1. The summed E-state index contributed by atoms with van der Waals surface area (Å²) in [5.74, 6) is -0.545. The summed E-state index contributed by atoms with van der Waals surface area (Å²) < 4.78 is 13.5. The molecule has 2 rings (SSSR count). The minimum Gasteiger partial charge on any atom is -0.478 e. The second kappa shape index (κ2) is 5.18. The Labute approximate surface area is 106 Å². The lowest BCUT2D eigenvalue weighted by molar-refractivity contribution is 0.0696. The van der Waals surface area contributed by atoms with Gasteiger partial charge in [-0.05, 0) is 30.7 Å². The molecular weight excluding hydrogens is 257 g/mol. The number of benzene rings is 1. The third-order valence-corrected chi connectivity index (χ3v) is 3.12. The van der Waals surface area contributed by atoms with Crippen LogP contribution >= 0.6 is 11.8 Å². The molecule has 18 heavy (non-hydrogen) atoms. The van der Waals surface area contributed by atoms with Crippen LogP contribution in [0, 0.1) is 12.7 Å². The largest absolute Gasteiger partial charge is 0.478 e. The van der Waals surface area contributed by atoms with Crippen molar-refractivity contribution in [3.8, 4) is 0 Å². The second-order valence-electron chi connectivity index (χ2n) is 3.60. The summed E-state index contributed by atoms with van der Waals surface area (Å²) in [7, 11) is 0. The number of halogens is 1. The number of hydrogen-bond donors (Lipinski definition) is 2. The van der Waals surface area contributed by atoms with Gasteiger partial charge in [-0.1, -0.05) is 11.8 Å². The Hall–Kier alpha value is -1.89. The molecule has 94 valence electrons. The molecule has 0 amide bonds. The first kappa shape index (κ1) is 12.6. The Kier molecular flexibility index (Phi) is 3.61. The monoisotopic (exact) mass is 267 g/mol. The van der Waals surface area contributed by atoms with Crippen LogP contribution in [0.5, 0.6) is 0 Å². The molecule has 0 aliphatic heterocycles. The van der Waals surface area contributed by atoms with Crippen molar-refractivity contribution in [3.05, 3.63) is 41.0 Å². The van der Waals surface area contributed by atoms with Crippen LogP contribution in [0.25, 0.3) is 0 Å². The van der Waals surface area contributed by atoms with Gasteiger partial charge in [0.25, 0.3) is 0 Å². The lowest BCUT2D eigenvalue weighted by Gasteiger charge is -2.02. The van der Waals surface area contributed by atoms with Gasteiger partial charge in [0.15, 0.2) is 0 Å². The maximum absolute atomic E-state index is 13.5. The van der Waals surface area contributed by atoms with Crippen LogP contribution in [0.1, 0.15) is 21.7 Å². The van der Waals surface area contributed by atoms with Crippen molar-refractivity contribution in [1.29, 1.82) is 0 Å². The van der Waals surface area contributed by atoms with E-state index in [0.717, 1.165) is 6.07 Å². The molecule has 5 nitrogen and oxygen atoms in total. The molecule has 0 saturated carbocycles. The number of aryl methyl sites for hydroxylation is 1. The molecule has 2 aromatic rings. The van der Waals surface area contributed by atoms with Gasteiger partial charge in [-0.15, -0.1) is 5.10 Å². The van der Waals surface area contributed by atoms with Gasteiger partial charge in [-0.25, -0.2) is 14.2 Å². The molecule has 1 aromatic heterocycles. The first-order valence-corrected chi connectivity index (χ1v) is 6.08. The number of carbonyl (C=O) groups is 1. The zero-order chi connectivity index (χ0) is 13.1. The normalized spacial score (nSPS) is 10.6. The van der Waals surface area contributed by atoms with Crippen molar-refractivity contribution in [3.63, 3.8) is 0 Å². The summed E-state index contributed by atoms with van der Waals surface area (Å²) in [6.07, 6.45) is 0. The van der Waals surface area contributed by atoms with E-state index in [-0.39, 0.29) is 11.3 Å². The average molecular weight is 267 g/mol. The van der Waals surface area contributed by atoms with Gasteiger partial charge in [-0.2, -0.15) is 0 Å². The number of carboxylic acids is 1. The standard InChI is InChI=1S/C11H10FN3O2S/c1-6-13-11(15-14-6)18-5-8-4-7(10(16)17)2-3-9(8)12/h2-4H,5H2,1H3,(H,16,17)(H,13,14,15). The van der Waals surface area contributed by atoms with Crippen LogP contribution in [-0.4, -0.2) is 26.3 Å². The number of rotatable bonds is 4. The van der Waals surface area contributed by atoms with E-state index in [9.17, 15) is 9.18 Å². The van der Waals surface area contributed by atoms with Crippen LogP contribution in [0.2, 0.25) is 0 Å². The highest BCUT2D eigenvalue weighted by Crippen LogP contribution is 2.21. The van der Waals surface area contributed by atoms with Crippen molar-refractivity contribution in [2.24, 2.45) is 0 Å². The maximum Gasteiger partial charge on any atom is 0.335 e. The minimum absolute atomic E-state index is 0.0677. The molecule has 1 aromatic carbocycles. The van der Waals surface area contributed by atoms with E-state index < -0.39 is 11.8 Å². The Balaban J connectivity index is 2.13. The SMILES string of the molecule is Cc1nc(SCc2cc(C(=O)O)ccc2F)n[nH]1. The van der Waals surface area contributed by atoms with Crippen LogP contribution in [-0.2, 0) is 5.75 Å². The smallest absolute Gasteiger partial charge is 0.335 e. The first-order chi connectivity index (χ1) is 8.56. The van der Waals surface area contributed by atoms with Gasteiger partial charge in [0.05, 0.1) is 5.56 Å². The number of aromatic nitrogens is 3. The number of nitrogens with zero attached hydrogens (tertiary/aromatic N) is 2. The highest BCUT2D eigenvalue weighted by Gasteiger charge is 2.10. The van der Waals surface area contributed by atoms with Crippen LogP contribution in [0.4, 0.5) is 4.39 Å². The van der Waals surface area contributed by atoms with Crippen LogP contribution < -0.4 is 0 Å². The molecule has 1 heterocycles. The number of H-pyrrole nitrogens is 1. The highest BCUT2D eigenvalue weighted by atomic mass is 32.2. The summed E-state index contributed by atoms with van der Waals surface area (Å²) in [5, 5.41) is 15.9. The summed E-state index contributed by atoms with van der Waals surface area (Å²) in [6.45, 7) is 1.77. The molecular formula is C11H10FN3O2S. The summed E-state index contributed by atoms with van der Waals surface area (Å²) >= 11 is 1.24. The molecule has 0 aliphatic rings. The molecule has 0 atom stereocenters. The van der Waals surface area contributed by atoms with E-state index >= 15 is 0 Å². The Morgan fingerprint density at radius 1 is 1.56 bits per heavy atom. The molecule has 0 bridgehead atoms. The van der Waals surface area contributed by atoms with Crippen LogP contribution in [0.15, 0.2) is 23.4 Å². The van der Waals surface area contributed by atoms with E-state index in [2.05, 4.69) is 15.2 Å². The lowest BCUT2D eigenvalue weighted by atomic mass is 10.1. The topological polar surface area (TPSA) is 78.9 Å². The van der Waals surface area contributed by atoms with Gasteiger partial charge >= 0.3 is 5.97 Å². The quantitative estimate of drug-likeness (QED) is 0.830. The fraction of sp³-hybridized carbons (Fsp3) is 0.182. The predicted molar refractivity (Wildman–Crippen MR) is 64.0 cm³/mol. The van der Waals surface area contributed by atoms with Gasteiger partial charge in [0.1, 0.15) is 11.6 Å². The van der Waals surface area contributed by atoms with Gasteiger partial charge in [0, 0.05) is 5.75 Å². The molecule has 0 aliphatic carbocycles. The van der Waals surface area contributed by atoms with Gasteiger partial charge in [-0.3, -0.25) is 5.10 Å². The van der Waals surface area contributed by atoms with Crippen molar-refractivity contribution < 1.29 is 14.3 Å². The fourth-order valence-electron chi connectivity index (χ4n) is 1.35. The third-order valence-electron chi connectivity index (χ3n) is 2.23. The number of aromatic amines is 1. The van der Waals surface area contributed by atoms with Gasteiger partial charge in [0.2, 0.25) is 5.16 Å². The van der Waals surface area contributed by atoms with E-state index in [0.29, 0.717) is 16.5 Å². The molecule has 7 heteroatoms. The minimum atomic E-state index is -1.07. The zero-order valence-corrected chi connectivity index (χ0v) is 10.3. The number of thioether (sulfide) groups is 1. The molecule has 0 radical (unpaired) electrons. The van der Waals surface area contributed by atoms with E-state index in [1.165, 1.54) is 23.9 Å². The summed E-state index contributed by atoms with van der Waals surface area (Å²) in [4.78, 5) is 14.9.